The summed E-state index contributed by atoms with van der Waals surface area (Å²) in [5.74, 6) is -2.65. The summed E-state index contributed by atoms with van der Waals surface area (Å²) in [4.78, 5) is 11.4. The van der Waals surface area contributed by atoms with Crippen LogP contribution in [-0.4, -0.2) is 23.7 Å². The van der Waals surface area contributed by atoms with Crippen molar-refractivity contribution >= 4 is 6.09 Å². The molecule has 0 unspecified atom stereocenters. The molecule has 0 bridgehead atoms. The smallest absolute Gasteiger partial charge is 0.407 e. The summed E-state index contributed by atoms with van der Waals surface area (Å²) in [6.07, 6.45) is 0.0452. The lowest BCUT2D eigenvalue weighted by Gasteiger charge is -2.30. The monoisotopic (exact) mass is 235 g/mol. The van der Waals surface area contributed by atoms with E-state index in [1.807, 2.05) is 0 Å². The van der Waals surface area contributed by atoms with Crippen molar-refractivity contribution in [3.05, 3.63) is 0 Å². The molecule has 1 atom stereocenters. The quantitative estimate of drug-likeness (QED) is 0.758. The van der Waals surface area contributed by atoms with Crippen molar-refractivity contribution in [1.29, 1.82) is 0 Å². The Morgan fingerprint density at radius 3 is 2.56 bits per heavy atom. The van der Waals surface area contributed by atoms with Crippen LogP contribution in [0.15, 0.2) is 0 Å². The number of alkyl carbamates (subject to hydrolysis) is 1. The van der Waals surface area contributed by atoms with E-state index < -0.39 is 23.7 Å². The van der Waals surface area contributed by atoms with Gasteiger partial charge < -0.3 is 10.1 Å². The molecule has 0 saturated heterocycles. The third kappa shape index (κ3) is 4.77. The van der Waals surface area contributed by atoms with Gasteiger partial charge in [0, 0.05) is 18.9 Å². The SMILES string of the molecule is CC(C)(C)OC(=O)N[C@H]1CCCC(F)(F)C1. The fourth-order valence-corrected chi connectivity index (χ4v) is 1.77. The van der Waals surface area contributed by atoms with Gasteiger partial charge >= 0.3 is 6.09 Å². The molecular weight excluding hydrogens is 216 g/mol. The summed E-state index contributed by atoms with van der Waals surface area (Å²) >= 11 is 0. The molecule has 1 amide bonds. The van der Waals surface area contributed by atoms with Crippen LogP contribution in [0.3, 0.4) is 0 Å². The van der Waals surface area contributed by atoms with Gasteiger partial charge in [0.25, 0.3) is 0 Å². The highest BCUT2D eigenvalue weighted by atomic mass is 19.3. The molecule has 0 aromatic heterocycles. The predicted molar refractivity (Wildman–Crippen MR) is 56.6 cm³/mol. The second kappa shape index (κ2) is 4.55. The van der Waals surface area contributed by atoms with Crippen molar-refractivity contribution in [3.8, 4) is 0 Å². The molecule has 0 aliphatic heterocycles. The molecule has 1 rings (SSSR count). The van der Waals surface area contributed by atoms with E-state index in [1.165, 1.54) is 0 Å². The number of alkyl halides is 2. The Balaban J connectivity index is 2.40. The van der Waals surface area contributed by atoms with Crippen LogP contribution in [0.4, 0.5) is 13.6 Å². The molecule has 1 aliphatic rings. The van der Waals surface area contributed by atoms with Gasteiger partial charge in [0.1, 0.15) is 5.60 Å². The summed E-state index contributed by atoms with van der Waals surface area (Å²) in [6, 6.07) is -0.474. The number of hydrogen-bond acceptors (Lipinski definition) is 2. The Morgan fingerprint density at radius 2 is 2.06 bits per heavy atom. The largest absolute Gasteiger partial charge is 0.444 e. The molecule has 94 valence electrons. The van der Waals surface area contributed by atoms with Crippen molar-refractivity contribution in [2.45, 2.75) is 64.0 Å². The van der Waals surface area contributed by atoms with Crippen molar-refractivity contribution < 1.29 is 18.3 Å². The van der Waals surface area contributed by atoms with E-state index in [2.05, 4.69) is 5.32 Å². The Hall–Kier alpha value is -0.870. The highest BCUT2D eigenvalue weighted by Crippen LogP contribution is 2.33. The minimum atomic E-state index is -2.65. The number of amides is 1. The van der Waals surface area contributed by atoms with Crippen LogP contribution >= 0.6 is 0 Å². The predicted octanol–water partition coefficient (Wildman–Crippen LogP) is 3.09. The number of carbonyl (C=O) groups is 1. The average Bonchev–Trinajstić information content (AvgIpc) is 1.96. The van der Waals surface area contributed by atoms with Gasteiger partial charge in [0.2, 0.25) is 5.92 Å². The normalized spacial score (nSPS) is 24.9. The maximum absolute atomic E-state index is 13.1. The first-order valence-electron chi connectivity index (χ1n) is 5.55. The van der Waals surface area contributed by atoms with Gasteiger partial charge in [-0.1, -0.05) is 0 Å². The second-order valence-electron chi connectivity index (χ2n) is 5.30. The van der Waals surface area contributed by atoms with E-state index >= 15 is 0 Å². The molecule has 0 radical (unpaired) electrons. The first-order valence-corrected chi connectivity index (χ1v) is 5.55. The van der Waals surface area contributed by atoms with E-state index in [9.17, 15) is 13.6 Å². The van der Waals surface area contributed by atoms with Crippen molar-refractivity contribution in [3.63, 3.8) is 0 Å². The molecular formula is C11H19F2NO2. The molecule has 1 aliphatic carbocycles. The number of nitrogens with one attached hydrogen (secondary N) is 1. The summed E-state index contributed by atoms with van der Waals surface area (Å²) in [5, 5.41) is 2.49. The highest BCUT2D eigenvalue weighted by molar-refractivity contribution is 5.68. The van der Waals surface area contributed by atoms with Crippen LogP contribution in [-0.2, 0) is 4.74 Å². The van der Waals surface area contributed by atoms with Gasteiger partial charge in [-0.15, -0.1) is 0 Å². The second-order valence-corrected chi connectivity index (χ2v) is 5.30. The third-order valence-electron chi connectivity index (χ3n) is 2.36. The van der Waals surface area contributed by atoms with E-state index in [0.717, 1.165) is 0 Å². The molecule has 16 heavy (non-hydrogen) atoms. The lowest BCUT2D eigenvalue weighted by molar-refractivity contribution is -0.0447. The minimum Gasteiger partial charge on any atom is -0.444 e. The fraction of sp³-hybridized carbons (Fsp3) is 0.909. The van der Waals surface area contributed by atoms with E-state index in [-0.39, 0.29) is 12.8 Å². The number of carbonyl (C=O) groups excluding carboxylic acids is 1. The number of hydrogen-bond donors (Lipinski definition) is 1. The number of rotatable bonds is 1. The molecule has 5 heteroatoms. The first-order chi connectivity index (χ1) is 7.18. The van der Waals surface area contributed by atoms with Gasteiger partial charge in [0.05, 0.1) is 0 Å². The summed E-state index contributed by atoms with van der Waals surface area (Å²) in [6.45, 7) is 5.21. The standard InChI is InChI=1S/C11H19F2NO2/c1-10(2,3)16-9(15)14-8-5-4-6-11(12,13)7-8/h8H,4-7H2,1-3H3,(H,14,15)/t8-/m0/s1. The van der Waals surface area contributed by atoms with Gasteiger partial charge in [-0.3, -0.25) is 0 Å². The lowest BCUT2D eigenvalue weighted by atomic mass is 9.92. The van der Waals surface area contributed by atoms with Gasteiger partial charge in [0.15, 0.2) is 0 Å². The topological polar surface area (TPSA) is 38.3 Å². The third-order valence-corrected chi connectivity index (χ3v) is 2.36. The highest BCUT2D eigenvalue weighted by Gasteiger charge is 2.37. The van der Waals surface area contributed by atoms with Gasteiger partial charge in [-0.25, -0.2) is 13.6 Å². The Morgan fingerprint density at radius 1 is 1.44 bits per heavy atom. The molecule has 3 nitrogen and oxygen atoms in total. The Labute approximate surface area is 94.5 Å². The van der Waals surface area contributed by atoms with Crippen LogP contribution < -0.4 is 5.32 Å². The van der Waals surface area contributed by atoms with Gasteiger partial charge in [-0.05, 0) is 33.6 Å². The Kier molecular flexibility index (Phi) is 3.76. The van der Waals surface area contributed by atoms with Crippen molar-refractivity contribution in [2.24, 2.45) is 0 Å². The van der Waals surface area contributed by atoms with Crippen molar-refractivity contribution in [2.75, 3.05) is 0 Å². The van der Waals surface area contributed by atoms with Crippen LogP contribution in [0, 0.1) is 0 Å². The van der Waals surface area contributed by atoms with E-state index in [4.69, 9.17) is 4.74 Å². The van der Waals surface area contributed by atoms with E-state index in [0.29, 0.717) is 12.8 Å². The zero-order valence-electron chi connectivity index (χ0n) is 9.98. The molecule has 1 saturated carbocycles. The molecule has 0 aromatic carbocycles. The number of ether oxygens (including phenoxy) is 1. The molecule has 1 fully saturated rings. The summed E-state index contributed by atoms with van der Waals surface area (Å²) < 4.78 is 31.1. The van der Waals surface area contributed by atoms with Crippen LogP contribution in [0.1, 0.15) is 46.5 Å². The minimum absolute atomic E-state index is 0.0838. The summed E-state index contributed by atoms with van der Waals surface area (Å²) in [7, 11) is 0. The molecule has 1 N–H and O–H groups in total. The Bertz CT molecular complexity index is 261. The molecule has 0 spiro atoms. The molecule has 0 heterocycles. The average molecular weight is 235 g/mol. The maximum atomic E-state index is 13.1. The zero-order chi connectivity index (χ0) is 12.4. The molecule has 0 aromatic rings. The van der Waals surface area contributed by atoms with Crippen LogP contribution in [0.5, 0.6) is 0 Å². The number of halogens is 2. The van der Waals surface area contributed by atoms with E-state index in [1.54, 1.807) is 20.8 Å². The van der Waals surface area contributed by atoms with Crippen LogP contribution in [0.2, 0.25) is 0 Å². The van der Waals surface area contributed by atoms with Crippen LogP contribution in [0.25, 0.3) is 0 Å². The first kappa shape index (κ1) is 13.2. The summed E-state index contributed by atoms with van der Waals surface area (Å²) in [5.41, 5.74) is -0.596. The zero-order valence-corrected chi connectivity index (χ0v) is 9.98. The maximum Gasteiger partial charge on any atom is 0.407 e. The fourth-order valence-electron chi connectivity index (χ4n) is 1.77. The van der Waals surface area contributed by atoms with Gasteiger partial charge in [-0.2, -0.15) is 0 Å². The lowest BCUT2D eigenvalue weighted by Crippen LogP contribution is -2.44. The van der Waals surface area contributed by atoms with Crippen molar-refractivity contribution in [1.82, 2.24) is 5.32 Å².